The summed E-state index contributed by atoms with van der Waals surface area (Å²) >= 11 is 0. The largest absolute Gasteiger partial charge is 0.390 e. The molecule has 0 fully saturated rings. The summed E-state index contributed by atoms with van der Waals surface area (Å²) in [4.78, 5) is 0. The summed E-state index contributed by atoms with van der Waals surface area (Å²) in [6.07, 6.45) is 1.47. The van der Waals surface area contributed by atoms with Crippen molar-refractivity contribution >= 4 is 0 Å². The molecule has 2 heteroatoms. The highest BCUT2D eigenvalue weighted by Crippen LogP contribution is 2.15. The van der Waals surface area contributed by atoms with Crippen molar-refractivity contribution in [3.63, 3.8) is 0 Å². The van der Waals surface area contributed by atoms with Crippen molar-refractivity contribution in [2.24, 2.45) is 0 Å². The molecule has 0 aliphatic carbocycles. The van der Waals surface area contributed by atoms with E-state index in [0.29, 0.717) is 12.0 Å². The Bertz CT molecular complexity index is 313. The maximum atomic E-state index is 12.9. The van der Waals surface area contributed by atoms with Crippen molar-refractivity contribution in [2.75, 3.05) is 0 Å². The second kappa shape index (κ2) is 4.09. The number of halogens is 1. The first-order valence-corrected chi connectivity index (χ1v) is 4.86. The molecular formula is C12H17FO. The van der Waals surface area contributed by atoms with E-state index >= 15 is 0 Å². The van der Waals surface area contributed by atoms with Crippen LogP contribution >= 0.6 is 0 Å². The van der Waals surface area contributed by atoms with Gasteiger partial charge in [0.05, 0.1) is 5.60 Å². The zero-order valence-electron chi connectivity index (χ0n) is 8.97. The van der Waals surface area contributed by atoms with Crippen LogP contribution in [0.15, 0.2) is 18.2 Å². The lowest BCUT2D eigenvalue weighted by Gasteiger charge is -2.16. The molecule has 0 saturated carbocycles. The molecule has 0 heterocycles. The highest BCUT2D eigenvalue weighted by molar-refractivity contribution is 5.24. The Labute approximate surface area is 84.6 Å². The van der Waals surface area contributed by atoms with Crippen molar-refractivity contribution in [3.8, 4) is 0 Å². The van der Waals surface area contributed by atoms with Gasteiger partial charge < -0.3 is 5.11 Å². The van der Waals surface area contributed by atoms with Crippen molar-refractivity contribution < 1.29 is 9.50 Å². The van der Waals surface area contributed by atoms with E-state index in [0.717, 1.165) is 12.0 Å². The van der Waals surface area contributed by atoms with Gasteiger partial charge in [-0.25, -0.2) is 4.39 Å². The van der Waals surface area contributed by atoms with Crippen LogP contribution in [0.25, 0.3) is 0 Å². The Morgan fingerprint density at radius 2 is 2.00 bits per heavy atom. The molecule has 1 aromatic rings. The minimum atomic E-state index is -0.651. The molecule has 78 valence electrons. The lowest BCUT2D eigenvalue weighted by atomic mass is 9.98. The predicted octanol–water partition coefficient (Wildman–Crippen LogP) is 2.84. The topological polar surface area (TPSA) is 20.2 Å². The van der Waals surface area contributed by atoms with Crippen molar-refractivity contribution in [3.05, 3.63) is 35.1 Å². The minimum absolute atomic E-state index is 0.169. The highest BCUT2D eigenvalue weighted by atomic mass is 19.1. The zero-order valence-corrected chi connectivity index (χ0v) is 8.97. The van der Waals surface area contributed by atoms with Gasteiger partial charge >= 0.3 is 0 Å². The number of hydrogen-bond donors (Lipinski definition) is 1. The van der Waals surface area contributed by atoms with E-state index in [9.17, 15) is 9.50 Å². The molecule has 1 aromatic carbocycles. The fraction of sp³-hybridized carbons (Fsp3) is 0.500. The normalized spacial score (nSPS) is 11.8. The molecule has 0 radical (unpaired) electrons. The monoisotopic (exact) mass is 196 g/mol. The van der Waals surface area contributed by atoms with Gasteiger partial charge in [0.25, 0.3) is 0 Å². The quantitative estimate of drug-likeness (QED) is 0.788. The third kappa shape index (κ3) is 3.46. The second-order valence-electron chi connectivity index (χ2n) is 4.40. The molecule has 1 nitrogen and oxygen atoms in total. The van der Waals surface area contributed by atoms with Crippen molar-refractivity contribution in [2.45, 2.75) is 39.2 Å². The average molecular weight is 196 g/mol. The van der Waals surface area contributed by atoms with E-state index in [2.05, 4.69) is 0 Å². The van der Waals surface area contributed by atoms with E-state index in [1.807, 2.05) is 6.07 Å². The van der Waals surface area contributed by atoms with Gasteiger partial charge in [-0.1, -0.05) is 12.1 Å². The molecule has 14 heavy (non-hydrogen) atoms. The third-order valence-electron chi connectivity index (χ3n) is 2.25. The van der Waals surface area contributed by atoms with Crippen LogP contribution in [0.2, 0.25) is 0 Å². The highest BCUT2D eigenvalue weighted by Gasteiger charge is 2.12. The third-order valence-corrected chi connectivity index (χ3v) is 2.25. The Hall–Kier alpha value is -0.890. The Balaban J connectivity index is 2.65. The minimum Gasteiger partial charge on any atom is -0.390 e. The molecule has 0 aliphatic rings. The summed E-state index contributed by atoms with van der Waals surface area (Å²) in [7, 11) is 0. The SMILES string of the molecule is Cc1cc(CCC(C)(C)O)ccc1F. The average Bonchev–Trinajstić information content (AvgIpc) is 2.06. The molecule has 0 atom stereocenters. The lowest BCUT2D eigenvalue weighted by Crippen LogP contribution is -2.19. The molecule has 0 bridgehead atoms. The number of aliphatic hydroxyl groups is 1. The number of aryl methyl sites for hydroxylation is 2. The Kier molecular flexibility index (Phi) is 3.27. The van der Waals surface area contributed by atoms with E-state index in [1.165, 1.54) is 6.07 Å². The van der Waals surface area contributed by atoms with Crippen molar-refractivity contribution in [1.82, 2.24) is 0 Å². The Morgan fingerprint density at radius 3 is 2.50 bits per heavy atom. The van der Waals surface area contributed by atoms with Crippen LogP contribution in [0.5, 0.6) is 0 Å². The number of rotatable bonds is 3. The van der Waals surface area contributed by atoms with Gasteiger partial charge in [0.15, 0.2) is 0 Å². The van der Waals surface area contributed by atoms with E-state index in [4.69, 9.17) is 0 Å². The van der Waals surface area contributed by atoms with E-state index in [1.54, 1.807) is 26.8 Å². The smallest absolute Gasteiger partial charge is 0.126 e. The molecule has 0 saturated heterocycles. The first-order chi connectivity index (χ1) is 6.38. The number of hydrogen-bond acceptors (Lipinski definition) is 1. The van der Waals surface area contributed by atoms with Gasteiger partial charge in [-0.2, -0.15) is 0 Å². The van der Waals surface area contributed by atoms with Gasteiger partial charge in [0.2, 0.25) is 0 Å². The molecule has 0 aliphatic heterocycles. The van der Waals surface area contributed by atoms with Crippen molar-refractivity contribution in [1.29, 1.82) is 0 Å². The molecule has 1 rings (SSSR count). The van der Waals surface area contributed by atoms with E-state index in [-0.39, 0.29) is 5.82 Å². The van der Waals surface area contributed by atoms with Crippen LogP contribution in [0.3, 0.4) is 0 Å². The first kappa shape index (κ1) is 11.2. The van der Waals surface area contributed by atoms with Gasteiger partial charge in [0.1, 0.15) is 5.82 Å². The standard InChI is InChI=1S/C12H17FO/c1-9-8-10(4-5-11(9)13)6-7-12(2,3)14/h4-5,8,14H,6-7H2,1-3H3. The Morgan fingerprint density at radius 1 is 1.36 bits per heavy atom. The van der Waals surface area contributed by atoms with Gasteiger partial charge in [0, 0.05) is 0 Å². The number of benzene rings is 1. The fourth-order valence-corrected chi connectivity index (χ4v) is 1.31. The van der Waals surface area contributed by atoms with E-state index < -0.39 is 5.60 Å². The summed E-state index contributed by atoms with van der Waals surface area (Å²) < 4.78 is 12.9. The predicted molar refractivity (Wildman–Crippen MR) is 55.8 cm³/mol. The van der Waals surface area contributed by atoms with Gasteiger partial charge in [-0.05, 0) is 50.8 Å². The van der Waals surface area contributed by atoms with Gasteiger partial charge in [-0.15, -0.1) is 0 Å². The maximum Gasteiger partial charge on any atom is 0.126 e. The van der Waals surface area contributed by atoms with Crippen LogP contribution in [0.4, 0.5) is 4.39 Å². The van der Waals surface area contributed by atoms with Crippen LogP contribution in [-0.2, 0) is 6.42 Å². The van der Waals surface area contributed by atoms with Crippen LogP contribution in [-0.4, -0.2) is 10.7 Å². The molecule has 1 N–H and O–H groups in total. The van der Waals surface area contributed by atoms with Crippen LogP contribution in [0, 0.1) is 12.7 Å². The lowest BCUT2D eigenvalue weighted by molar-refractivity contribution is 0.0714. The zero-order chi connectivity index (χ0) is 10.8. The fourth-order valence-electron chi connectivity index (χ4n) is 1.31. The van der Waals surface area contributed by atoms with Crippen LogP contribution < -0.4 is 0 Å². The molecule has 0 unspecified atom stereocenters. The van der Waals surface area contributed by atoms with Gasteiger partial charge in [-0.3, -0.25) is 0 Å². The summed E-state index contributed by atoms with van der Waals surface area (Å²) in [6.45, 7) is 5.32. The summed E-state index contributed by atoms with van der Waals surface area (Å²) in [6, 6.07) is 5.09. The molecule has 0 amide bonds. The summed E-state index contributed by atoms with van der Waals surface area (Å²) in [5, 5.41) is 9.53. The molecule has 0 spiro atoms. The molecule has 0 aromatic heterocycles. The maximum absolute atomic E-state index is 12.9. The second-order valence-corrected chi connectivity index (χ2v) is 4.40. The summed E-state index contributed by atoms with van der Waals surface area (Å²) in [5.41, 5.74) is 1.09. The van der Waals surface area contributed by atoms with Crippen LogP contribution in [0.1, 0.15) is 31.4 Å². The summed E-state index contributed by atoms with van der Waals surface area (Å²) in [5.74, 6) is -0.169. The molecular weight excluding hydrogens is 179 g/mol. The first-order valence-electron chi connectivity index (χ1n) is 4.86.